The average Bonchev–Trinajstić information content (AvgIpc) is 2.74. The third kappa shape index (κ3) is 8.02. The normalized spacial score (nSPS) is 16.3. The lowest BCUT2D eigenvalue weighted by atomic mass is 9.73. The maximum Gasteiger partial charge on any atom is 0.343 e. The van der Waals surface area contributed by atoms with E-state index < -0.39 is 11.6 Å². The van der Waals surface area contributed by atoms with Gasteiger partial charge in [-0.3, -0.25) is 0 Å². The Bertz CT molecular complexity index is 484. The van der Waals surface area contributed by atoms with Crippen molar-refractivity contribution in [2.45, 2.75) is 71.8 Å². The molecule has 1 aromatic carbocycles. The van der Waals surface area contributed by atoms with Crippen molar-refractivity contribution in [3.05, 3.63) is 35.9 Å². The molecule has 0 spiro atoms. The van der Waals surface area contributed by atoms with Crippen molar-refractivity contribution in [3.8, 4) is 0 Å². The fraction of sp³-hybridized carbons (Fsp3) is 0.696. The van der Waals surface area contributed by atoms with Gasteiger partial charge >= 0.3 is 5.97 Å². The van der Waals surface area contributed by atoms with Gasteiger partial charge in [0, 0.05) is 12.5 Å². The number of ether oxygens (including phenoxy) is 1. The van der Waals surface area contributed by atoms with Crippen LogP contribution in [0, 0.1) is 5.92 Å². The van der Waals surface area contributed by atoms with Crippen LogP contribution < -0.4 is 0 Å². The zero-order valence-electron chi connectivity index (χ0n) is 18.3. The first-order valence-corrected chi connectivity index (χ1v) is 10.6. The lowest BCUT2D eigenvalue weighted by Gasteiger charge is -2.36. The maximum atomic E-state index is 12.7. The molecule has 4 nitrogen and oxygen atoms in total. The highest BCUT2D eigenvalue weighted by Crippen LogP contribution is 2.40. The van der Waals surface area contributed by atoms with E-state index in [0.717, 1.165) is 38.6 Å². The number of aliphatic hydroxyl groups is 1. The zero-order valence-corrected chi connectivity index (χ0v) is 18.3. The molecule has 0 bridgehead atoms. The minimum atomic E-state index is -1.51. The van der Waals surface area contributed by atoms with Gasteiger partial charge in [-0.1, -0.05) is 77.3 Å². The molecule has 27 heavy (non-hydrogen) atoms. The summed E-state index contributed by atoms with van der Waals surface area (Å²) in [6, 6.07) is 9.28. The van der Waals surface area contributed by atoms with E-state index in [1.165, 1.54) is 6.42 Å². The van der Waals surface area contributed by atoms with Gasteiger partial charge in [-0.15, -0.1) is 0 Å². The summed E-state index contributed by atoms with van der Waals surface area (Å²) in [6.45, 7) is 9.21. The van der Waals surface area contributed by atoms with E-state index in [2.05, 4.69) is 4.90 Å². The Hall–Kier alpha value is -1.39. The highest BCUT2D eigenvalue weighted by Gasteiger charge is 2.46. The highest BCUT2D eigenvalue weighted by molar-refractivity contribution is 5.81. The number of rotatable bonds is 7. The van der Waals surface area contributed by atoms with Crippen molar-refractivity contribution in [1.29, 1.82) is 0 Å². The molecule has 0 aromatic heterocycles. The summed E-state index contributed by atoms with van der Waals surface area (Å²) < 4.78 is 5.45. The lowest BCUT2D eigenvalue weighted by Crippen LogP contribution is -2.45. The molecule has 1 unspecified atom stereocenters. The van der Waals surface area contributed by atoms with E-state index in [0.29, 0.717) is 12.2 Å². The van der Waals surface area contributed by atoms with Crippen LogP contribution in [0.4, 0.5) is 0 Å². The van der Waals surface area contributed by atoms with Crippen LogP contribution in [-0.2, 0) is 15.1 Å². The minimum absolute atomic E-state index is 0.0556. The third-order valence-corrected chi connectivity index (χ3v) is 4.70. The molecule has 1 aliphatic carbocycles. The van der Waals surface area contributed by atoms with Gasteiger partial charge in [0.1, 0.15) is 0 Å². The van der Waals surface area contributed by atoms with Gasteiger partial charge in [-0.25, -0.2) is 4.79 Å². The summed E-state index contributed by atoms with van der Waals surface area (Å²) in [6.07, 6.45) is 5.82. The summed E-state index contributed by atoms with van der Waals surface area (Å²) in [5.74, 6) is -0.547. The molecule has 1 N–H and O–H groups in total. The Morgan fingerprint density at radius 1 is 1.07 bits per heavy atom. The minimum Gasteiger partial charge on any atom is -0.463 e. The first kappa shape index (κ1) is 25.6. The van der Waals surface area contributed by atoms with E-state index >= 15 is 0 Å². The standard InChI is InChI=1S/C19H29NO3.2C2H6/c1-20(2)14-9-15-23-18(21)19(22,16-10-5-3-6-11-16)17-12-7-4-8-13-17;2*1-2/h3,5-6,10-11,17,22H,4,7-9,12-15H2,1-2H3;2*1-2H3. The number of carbonyl (C=O) groups excluding carboxylic acids is 1. The Labute approximate surface area is 166 Å². The Morgan fingerprint density at radius 3 is 2.15 bits per heavy atom. The number of hydrogen-bond acceptors (Lipinski definition) is 4. The molecule has 1 fully saturated rings. The number of esters is 1. The molecule has 156 valence electrons. The van der Waals surface area contributed by atoms with E-state index in [4.69, 9.17) is 4.74 Å². The number of hydrogen-bond donors (Lipinski definition) is 1. The summed E-state index contributed by atoms with van der Waals surface area (Å²) in [5, 5.41) is 11.3. The van der Waals surface area contributed by atoms with Crippen LogP contribution in [0.2, 0.25) is 0 Å². The van der Waals surface area contributed by atoms with Gasteiger partial charge in [-0.2, -0.15) is 0 Å². The average molecular weight is 380 g/mol. The SMILES string of the molecule is CC.CC.CN(C)CCCOC(=O)C(O)(c1ccccc1)C1CCCCC1. The highest BCUT2D eigenvalue weighted by atomic mass is 16.5. The molecule has 1 aromatic rings. The topological polar surface area (TPSA) is 49.8 Å². The predicted octanol–water partition coefficient (Wildman–Crippen LogP) is 5.00. The van der Waals surface area contributed by atoms with Crippen molar-refractivity contribution < 1.29 is 14.6 Å². The van der Waals surface area contributed by atoms with Crippen LogP contribution in [0.3, 0.4) is 0 Å². The van der Waals surface area contributed by atoms with Crippen molar-refractivity contribution in [3.63, 3.8) is 0 Å². The van der Waals surface area contributed by atoms with E-state index in [-0.39, 0.29) is 5.92 Å². The molecule has 0 radical (unpaired) electrons. The molecule has 4 heteroatoms. The summed E-state index contributed by atoms with van der Waals surface area (Å²) in [4.78, 5) is 14.8. The second-order valence-electron chi connectivity index (χ2n) is 6.76. The number of benzene rings is 1. The summed E-state index contributed by atoms with van der Waals surface area (Å²) in [7, 11) is 3.98. The lowest BCUT2D eigenvalue weighted by molar-refractivity contribution is -0.175. The molecule has 1 atom stereocenters. The van der Waals surface area contributed by atoms with E-state index in [9.17, 15) is 9.90 Å². The smallest absolute Gasteiger partial charge is 0.343 e. The first-order chi connectivity index (χ1) is 13.0. The molecular weight excluding hydrogens is 338 g/mol. The zero-order chi connectivity index (χ0) is 20.7. The fourth-order valence-corrected chi connectivity index (χ4v) is 3.39. The fourth-order valence-electron chi connectivity index (χ4n) is 3.39. The van der Waals surface area contributed by atoms with Gasteiger partial charge in [0.2, 0.25) is 0 Å². The van der Waals surface area contributed by atoms with Crippen LogP contribution >= 0.6 is 0 Å². The van der Waals surface area contributed by atoms with Gasteiger partial charge in [-0.05, 0) is 38.9 Å². The van der Waals surface area contributed by atoms with Crippen LogP contribution in [0.1, 0.15) is 71.8 Å². The molecular formula is C23H41NO3. The van der Waals surface area contributed by atoms with Crippen molar-refractivity contribution in [1.82, 2.24) is 4.90 Å². The Morgan fingerprint density at radius 2 is 1.63 bits per heavy atom. The van der Waals surface area contributed by atoms with Crippen LogP contribution in [0.15, 0.2) is 30.3 Å². The third-order valence-electron chi connectivity index (χ3n) is 4.70. The predicted molar refractivity (Wildman–Crippen MR) is 114 cm³/mol. The van der Waals surface area contributed by atoms with E-state index in [1.807, 2.05) is 72.1 Å². The Balaban J connectivity index is 0.00000158. The second-order valence-corrected chi connectivity index (χ2v) is 6.76. The molecule has 0 heterocycles. The van der Waals surface area contributed by atoms with Crippen molar-refractivity contribution in [2.75, 3.05) is 27.2 Å². The number of carbonyl (C=O) groups is 1. The van der Waals surface area contributed by atoms with E-state index in [1.54, 1.807) is 0 Å². The molecule has 0 aliphatic heterocycles. The monoisotopic (exact) mass is 379 g/mol. The van der Waals surface area contributed by atoms with Gasteiger partial charge in [0.25, 0.3) is 0 Å². The van der Waals surface area contributed by atoms with Crippen LogP contribution in [-0.4, -0.2) is 43.2 Å². The van der Waals surface area contributed by atoms with Gasteiger partial charge < -0.3 is 14.7 Å². The maximum absolute atomic E-state index is 12.7. The molecule has 0 saturated heterocycles. The van der Waals surface area contributed by atoms with Crippen molar-refractivity contribution in [2.24, 2.45) is 5.92 Å². The molecule has 1 saturated carbocycles. The summed E-state index contributed by atoms with van der Waals surface area (Å²) >= 11 is 0. The van der Waals surface area contributed by atoms with Gasteiger partial charge in [0.15, 0.2) is 5.60 Å². The number of nitrogens with zero attached hydrogens (tertiary/aromatic N) is 1. The quantitative estimate of drug-likeness (QED) is 0.535. The Kier molecular flexibility index (Phi) is 13.9. The van der Waals surface area contributed by atoms with Crippen molar-refractivity contribution >= 4 is 5.97 Å². The molecule has 0 amide bonds. The molecule has 1 aliphatic rings. The van der Waals surface area contributed by atoms with Crippen LogP contribution in [0.5, 0.6) is 0 Å². The first-order valence-electron chi connectivity index (χ1n) is 10.6. The largest absolute Gasteiger partial charge is 0.463 e. The summed E-state index contributed by atoms with van der Waals surface area (Å²) in [5.41, 5.74) is -0.857. The van der Waals surface area contributed by atoms with Gasteiger partial charge in [0.05, 0.1) is 6.61 Å². The molecule has 2 rings (SSSR count). The second kappa shape index (κ2) is 14.6. The van der Waals surface area contributed by atoms with Crippen LogP contribution in [0.25, 0.3) is 0 Å².